The molecule has 2 heterocycles. The number of fused-ring (bicyclic) bond motifs is 2. The Morgan fingerprint density at radius 2 is 1.87 bits per heavy atom. The van der Waals surface area contributed by atoms with Gasteiger partial charge in [-0.2, -0.15) is 0 Å². The first-order valence-electron chi connectivity index (χ1n) is 7.81. The monoisotopic (exact) mass is 302 g/mol. The molecule has 0 aliphatic rings. The van der Waals surface area contributed by atoms with Crippen molar-refractivity contribution in [1.29, 1.82) is 0 Å². The van der Waals surface area contributed by atoms with Crippen LogP contribution in [0.15, 0.2) is 59.7 Å². The van der Waals surface area contributed by atoms with Crippen molar-refractivity contribution in [2.75, 3.05) is 0 Å². The van der Waals surface area contributed by atoms with Crippen LogP contribution in [0, 0.1) is 0 Å². The molecule has 23 heavy (non-hydrogen) atoms. The van der Waals surface area contributed by atoms with Gasteiger partial charge >= 0.3 is 0 Å². The third kappa shape index (κ3) is 2.32. The first kappa shape index (κ1) is 13.8. The standard InChI is InChI=1S/C19H18N4/c1-13(2)23-18-10-6-5-9-17(18)22-19(23)21-12-14-11-20-16-8-4-3-7-15(14)16/h3-13,20H,1-2H3/b21-12+. The average Bonchev–Trinajstić information content (AvgIpc) is 3.13. The Balaban J connectivity index is 1.82. The summed E-state index contributed by atoms with van der Waals surface area (Å²) in [6.45, 7) is 4.30. The molecule has 0 atom stereocenters. The Hall–Kier alpha value is -2.88. The van der Waals surface area contributed by atoms with E-state index in [0.29, 0.717) is 6.04 Å². The lowest BCUT2D eigenvalue weighted by Crippen LogP contribution is -1.99. The van der Waals surface area contributed by atoms with Gasteiger partial charge in [0.15, 0.2) is 0 Å². The second-order valence-electron chi connectivity index (χ2n) is 5.91. The molecule has 0 bridgehead atoms. The number of hydrogen-bond donors (Lipinski definition) is 1. The number of para-hydroxylation sites is 3. The van der Waals surface area contributed by atoms with E-state index < -0.39 is 0 Å². The summed E-state index contributed by atoms with van der Waals surface area (Å²) in [5.74, 6) is 0.742. The Kier molecular flexibility index (Phi) is 3.23. The van der Waals surface area contributed by atoms with Gasteiger partial charge in [-0.25, -0.2) is 9.98 Å². The number of nitrogens with one attached hydrogen (secondary N) is 1. The fourth-order valence-corrected chi connectivity index (χ4v) is 2.96. The summed E-state index contributed by atoms with van der Waals surface area (Å²) in [4.78, 5) is 12.6. The molecule has 0 unspecified atom stereocenters. The van der Waals surface area contributed by atoms with Gasteiger partial charge < -0.3 is 9.55 Å². The van der Waals surface area contributed by atoms with Crippen LogP contribution >= 0.6 is 0 Å². The topological polar surface area (TPSA) is 46.0 Å². The van der Waals surface area contributed by atoms with Crippen LogP contribution in [0.4, 0.5) is 5.95 Å². The summed E-state index contributed by atoms with van der Waals surface area (Å²) in [5, 5.41) is 1.17. The number of H-pyrrole nitrogens is 1. The fourth-order valence-electron chi connectivity index (χ4n) is 2.96. The zero-order chi connectivity index (χ0) is 15.8. The maximum atomic E-state index is 4.67. The second-order valence-corrected chi connectivity index (χ2v) is 5.91. The molecule has 0 saturated heterocycles. The summed E-state index contributed by atoms with van der Waals surface area (Å²) in [6, 6.07) is 16.7. The van der Waals surface area contributed by atoms with Crippen molar-refractivity contribution in [3.8, 4) is 0 Å². The molecule has 0 spiro atoms. The summed E-state index contributed by atoms with van der Waals surface area (Å²) >= 11 is 0. The number of benzene rings is 2. The summed E-state index contributed by atoms with van der Waals surface area (Å²) < 4.78 is 2.17. The Labute approximate surface area is 134 Å². The molecule has 0 fully saturated rings. The third-order valence-corrected chi connectivity index (χ3v) is 4.03. The molecule has 0 amide bonds. The zero-order valence-corrected chi connectivity index (χ0v) is 13.2. The lowest BCUT2D eigenvalue weighted by atomic mass is 10.2. The van der Waals surface area contributed by atoms with Crippen LogP contribution in [-0.2, 0) is 0 Å². The van der Waals surface area contributed by atoms with Crippen molar-refractivity contribution in [3.63, 3.8) is 0 Å². The predicted octanol–water partition coefficient (Wildman–Crippen LogP) is 4.85. The van der Waals surface area contributed by atoms with Gasteiger partial charge in [0.2, 0.25) is 5.95 Å². The minimum absolute atomic E-state index is 0.303. The molecular formula is C19H18N4. The first-order chi connectivity index (χ1) is 11.2. The van der Waals surface area contributed by atoms with Gasteiger partial charge in [0.05, 0.1) is 11.0 Å². The number of rotatable bonds is 3. The smallest absolute Gasteiger partial charge is 0.230 e. The van der Waals surface area contributed by atoms with Gasteiger partial charge in [0.25, 0.3) is 0 Å². The molecule has 4 nitrogen and oxygen atoms in total. The van der Waals surface area contributed by atoms with Gasteiger partial charge in [-0.05, 0) is 32.0 Å². The zero-order valence-electron chi connectivity index (χ0n) is 13.2. The van der Waals surface area contributed by atoms with Gasteiger partial charge in [-0.3, -0.25) is 0 Å². The molecule has 1 N–H and O–H groups in total. The van der Waals surface area contributed by atoms with Crippen LogP contribution in [0.5, 0.6) is 0 Å². The van der Waals surface area contributed by atoms with Crippen LogP contribution in [0.1, 0.15) is 25.5 Å². The van der Waals surface area contributed by atoms with Crippen LogP contribution in [-0.4, -0.2) is 20.7 Å². The molecule has 4 heteroatoms. The van der Waals surface area contributed by atoms with Crippen LogP contribution in [0.3, 0.4) is 0 Å². The summed E-state index contributed by atoms with van der Waals surface area (Å²) in [7, 11) is 0. The number of imidazole rings is 1. The van der Waals surface area contributed by atoms with Gasteiger partial charge in [-0.15, -0.1) is 0 Å². The maximum Gasteiger partial charge on any atom is 0.230 e. The van der Waals surface area contributed by atoms with E-state index >= 15 is 0 Å². The highest BCUT2D eigenvalue weighted by molar-refractivity contribution is 5.99. The SMILES string of the molecule is CC(C)n1c(/N=C/c2c[nH]c3ccccc23)nc2ccccc21. The molecule has 4 rings (SSSR count). The van der Waals surface area contributed by atoms with Gasteiger partial charge in [0, 0.05) is 34.9 Å². The lowest BCUT2D eigenvalue weighted by molar-refractivity contribution is 0.622. The molecule has 2 aromatic carbocycles. The van der Waals surface area contributed by atoms with Crippen molar-refractivity contribution in [2.45, 2.75) is 19.9 Å². The molecule has 0 radical (unpaired) electrons. The van der Waals surface area contributed by atoms with E-state index in [9.17, 15) is 0 Å². The number of nitrogens with zero attached hydrogens (tertiary/aromatic N) is 3. The highest BCUT2D eigenvalue weighted by Crippen LogP contribution is 2.26. The minimum atomic E-state index is 0.303. The number of aromatic amines is 1. The molecule has 2 aromatic heterocycles. The molecular weight excluding hydrogens is 284 g/mol. The highest BCUT2D eigenvalue weighted by Gasteiger charge is 2.11. The molecule has 0 aliphatic heterocycles. The van der Waals surface area contributed by atoms with Crippen LogP contribution in [0.2, 0.25) is 0 Å². The summed E-state index contributed by atoms with van der Waals surface area (Å²) in [5.41, 5.74) is 4.29. The van der Waals surface area contributed by atoms with E-state index in [4.69, 9.17) is 0 Å². The van der Waals surface area contributed by atoms with E-state index in [0.717, 1.165) is 28.1 Å². The van der Waals surface area contributed by atoms with E-state index in [1.165, 1.54) is 5.39 Å². The van der Waals surface area contributed by atoms with Crippen molar-refractivity contribution >= 4 is 34.1 Å². The molecule has 0 saturated carbocycles. The lowest BCUT2D eigenvalue weighted by Gasteiger charge is -2.09. The average molecular weight is 302 g/mol. The minimum Gasteiger partial charge on any atom is -0.361 e. The second kappa shape index (κ2) is 5.39. The fraction of sp³-hybridized carbons (Fsp3) is 0.158. The highest BCUT2D eigenvalue weighted by atomic mass is 15.2. The Bertz CT molecular complexity index is 1000. The number of aromatic nitrogens is 3. The van der Waals surface area contributed by atoms with Crippen molar-refractivity contribution in [2.24, 2.45) is 4.99 Å². The molecule has 4 aromatic rings. The van der Waals surface area contributed by atoms with E-state index in [1.807, 2.05) is 42.7 Å². The van der Waals surface area contributed by atoms with Crippen LogP contribution < -0.4 is 0 Å². The van der Waals surface area contributed by atoms with Crippen molar-refractivity contribution in [1.82, 2.24) is 14.5 Å². The van der Waals surface area contributed by atoms with E-state index in [-0.39, 0.29) is 0 Å². The Morgan fingerprint density at radius 1 is 1.09 bits per heavy atom. The normalized spacial score (nSPS) is 12.1. The maximum absolute atomic E-state index is 4.67. The van der Waals surface area contributed by atoms with Crippen molar-refractivity contribution < 1.29 is 0 Å². The van der Waals surface area contributed by atoms with E-state index in [1.54, 1.807) is 0 Å². The van der Waals surface area contributed by atoms with E-state index in [2.05, 4.69) is 51.6 Å². The van der Waals surface area contributed by atoms with Crippen LogP contribution in [0.25, 0.3) is 21.9 Å². The first-order valence-corrected chi connectivity index (χ1v) is 7.81. The predicted molar refractivity (Wildman–Crippen MR) is 95.7 cm³/mol. The number of aliphatic imine (C=N–C) groups is 1. The quantitative estimate of drug-likeness (QED) is 0.540. The largest absolute Gasteiger partial charge is 0.361 e. The van der Waals surface area contributed by atoms with Gasteiger partial charge in [-0.1, -0.05) is 30.3 Å². The van der Waals surface area contributed by atoms with Gasteiger partial charge in [0.1, 0.15) is 0 Å². The van der Waals surface area contributed by atoms with Crippen molar-refractivity contribution in [3.05, 3.63) is 60.3 Å². The molecule has 0 aliphatic carbocycles. The number of hydrogen-bond acceptors (Lipinski definition) is 2. The Morgan fingerprint density at radius 3 is 2.74 bits per heavy atom. The summed E-state index contributed by atoms with van der Waals surface area (Å²) in [6.07, 6.45) is 3.87. The molecule has 114 valence electrons. The third-order valence-electron chi connectivity index (χ3n) is 4.03.